The molecule has 1 fully saturated rings. The Bertz CT molecular complexity index is 360. The van der Waals surface area contributed by atoms with Crippen LogP contribution in [0, 0.1) is 0 Å². The molecular formula is C16H26N2O. The fourth-order valence-corrected chi connectivity index (χ4v) is 2.64. The number of nitrogens with two attached hydrogens (primary N) is 1. The number of para-hydroxylation sites is 1. The topological polar surface area (TPSA) is 38.5 Å². The van der Waals surface area contributed by atoms with Crippen molar-refractivity contribution < 1.29 is 4.74 Å². The van der Waals surface area contributed by atoms with Gasteiger partial charge in [0, 0.05) is 18.7 Å². The third-order valence-corrected chi connectivity index (χ3v) is 3.77. The molecule has 1 aromatic rings. The summed E-state index contributed by atoms with van der Waals surface area (Å²) in [5, 5.41) is 0. The fourth-order valence-electron chi connectivity index (χ4n) is 2.64. The molecule has 0 amide bonds. The second kappa shape index (κ2) is 8.18. The predicted molar refractivity (Wildman–Crippen MR) is 79.4 cm³/mol. The van der Waals surface area contributed by atoms with Crippen molar-refractivity contribution in [1.29, 1.82) is 0 Å². The van der Waals surface area contributed by atoms with E-state index >= 15 is 0 Å². The molecule has 0 aliphatic carbocycles. The van der Waals surface area contributed by atoms with Gasteiger partial charge in [-0.05, 0) is 38.4 Å². The molecule has 0 unspecified atom stereocenters. The van der Waals surface area contributed by atoms with Crippen LogP contribution in [0.4, 0.5) is 0 Å². The smallest absolute Gasteiger partial charge is 0.123 e. The predicted octanol–water partition coefficient (Wildman–Crippen LogP) is 2.79. The van der Waals surface area contributed by atoms with Crippen molar-refractivity contribution in [2.24, 2.45) is 5.73 Å². The molecule has 0 spiro atoms. The molecule has 0 radical (unpaired) electrons. The first-order valence-corrected chi connectivity index (χ1v) is 7.53. The lowest BCUT2D eigenvalue weighted by Gasteiger charge is -2.19. The van der Waals surface area contributed by atoms with Gasteiger partial charge >= 0.3 is 0 Å². The SMILES string of the molecule is NCc1ccccc1OCCCN1CCCCCC1. The molecule has 1 heterocycles. The van der Waals surface area contributed by atoms with Gasteiger partial charge in [0.25, 0.3) is 0 Å². The summed E-state index contributed by atoms with van der Waals surface area (Å²) in [6.07, 6.45) is 6.61. The van der Waals surface area contributed by atoms with Crippen LogP contribution in [0.25, 0.3) is 0 Å². The second-order valence-corrected chi connectivity index (χ2v) is 5.27. The average molecular weight is 262 g/mol. The van der Waals surface area contributed by atoms with E-state index in [-0.39, 0.29) is 0 Å². The van der Waals surface area contributed by atoms with Gasteiger partial charge in [-0.2, -0.15) is 0 Å². The van der Waals surface area contributed by atoms with Crippen molar-refractivity contribution >= 4 is 0 Å². The quantitative estimate of drug-likeness (QED) is 0.801. The summed E-state index contributed by atoms with van der Waals surface area (Å²) in [6, 6.07) is 8.05. The highest BCUT2D eigenvalue weighted by Gasteiger charge is 2.08. The van der Waals surface area contributed by atoms with Crippen molar-refractivity contribution in [3.05, 3.63) is 29.8 Å². The Balaban J connectivity index is 1.68. The minimum absolute atomic E-state index is 0.544. The summed E-state index contributed by atoms with van der Waals surface area (Å²) in [5.74, 6) is 0.945. The zero-order valence-electron chi connectivity index (χ0n) is 11.8. The minimum Gasteiger partial charge on any atom is -0.493 e. The Morgan fingerprint density at radius 3 is 2.53 bits per heavy atom. The van der Waals surface area contributed by atoms with Crippen LogP contribution in [0.2, 0.25) is 0 Å². The van der Waals surface area contributed by atoms with E-state index in [9.17, 15) is 0 Å². The number of rotatable bonds is 6. The third-order valence-electron chi connectivity index (χ3n) is 3.77. The van der Waals surface area contributed by atoms with Crippen LogP contribution in [0.1, 0.15) is 37.7 Å². The molecule has 3 heteroatoms. The standard InChI is InChI=1S/C16H26N2O/c17-14-15-8-3-4-9-16(15)19-13-7-12-18-10-5-1-2-6-11-18/h3-4,8-9H,1-2,5-7,10-14,17H2. The number of ether oxygens (including phenoxy) is 1. The van der Waals surface area contributed by atoms with Gasteiger partial charge in [0.05, 0.1) is 6.61 Å². The second-order valence-electron chi connectivity index (χ2n) is 5.27. The Kier molecular flexibility index (Phi) is 6.18. The third kappa shape index (κ3) is 4.84. The van der Waals surface area contributed by atoms with Crippen LogP contribution < -0.4 is 10.5 Å². The van der Waals surface area contributed by atoms with E-state index in [2.05, 4.69) is 4.90 Å². The van der Waals surface area contributed by atoms with Gasteiger partial charge in [-0.1, -0.05) is 31.0 Å². The first kappa shape index (κ1) is 14.4. The van der Waals surface area contributed by atoms with Crippen LogP contribution in [0.5, 0.6) is 5.75 Å². The van der Waals surface area contributed by atoms with Crippen molar-refractivity contribution in [2.45, 2.75) is 38.6 Å². The summed E-state index contributed by atoms with van der Waals surface area (Å²) in [4.78, 5) is 2.57. The normalized spacial score (nSPS) is 17.1. The van der Waals surface area contributed by atoms with Gasteiger partial charge in [0.2, 0.25) is 0 Å². The number of nitrogens with zero attached hydrogens (tertiary/aromatic N) is 1. The summed E-state index contributed by atoms with van der Waals surface area (Å²) in [5.41, 5.74) is 6.80. The van der Waals surface area contributed by atoms with E-state index in [1.165, 1.54) is 38.8 Å². The Morgan fingerprint density at radius 1 is 1.05 bits per heavy atom. The zero-order valence-corrected chi connectivity index (χ0v) is 11.8. The molecular weight excluding hydrogens is 236 g/mol. The summed E-state index contributed by atoms with van der Waals surface area (Å²) < 4.78 is 5.84. The van der Waals surface area contributed by atoms with E-state index in [1.54, 1.807) is 0 Å². The molecule has 2 N–H and O–H groups in total. The Labute approximate surface area is 116 Å². The largest absolute Gasteiger partial charge is 0.493 e. The lowest BCUT2D eigenvalue weighted by Crippen LogP contribution is -2.26. The lowest BCUT2D eigenvalue weighted by atomic mass is 10.2. The molecule has 1 saturated heterocycles. The van der Waals surface area contributed by atoms with Crippen molar-refractivity contribution in [3.8, 4) is 5.75 Å². The molecule has 0 saturated carbocycles. The van der Waals surface area contributed by atoms with Gasteiger partial charge in [-0.15, -0.1) is 0 Å². The zero-order chi connectivity index (χ0) is 13.3. The van der Waals surface area contributed by atoms with Crippen LogP contribution in [0.3, 0.4) is 0 Å². The summed E-state index contributed by atoms with van der Waals surface area (Å²) in [6.45, 7) is 5.01. The minimum atomic E-state index is 0.544. The summed E-state index contributed by atoms with van der Waals surface area (Å²) >= 11 is 0. The van der Waals surface area contributed by atoms with E-state index in [0.29, 0.717) is 6.54 Å². The molecule has 2 rings (SSSR count). The summed E-state index contributed by atoms with van der Waals surface area (Å²) in [7, 11) is 0. The molecule has 19 heavy (non-hydrogen) atoms. The van der Waals surface area contributed by atoms with E-state index in [1.807, 2.05) is 24.3 Å². The van der Waals surface area contributed by atoms with Crippen LogP contribution in [-0.2, 0) is 6.54 Å². The maximum atomic E-state index is 5.84. The Hall–Kier alpha value is -1.06. The van der Waals surface area contributed by atoms with Crippen LogP contribution in [0.15, 0.2) is 24.3 Å². The number of benzene rings is 1. The number of hydrogen-bond donors (Lipinski definition) is 1. The van der Waals surface area contributed by atoms with E-state index in [4.69, 9.17) is 10.5 Å². The van der Waals surface area contributed by atoms with Crippen LogP contribution in [-0.4, -0.2) is 31.1 Å². The van der Waals surface area contributed by atoms with E-state index in [0.717, 1.165) is 30.9 Å². The average Bonchev–Trinajstić information content (AvgIpc) is 2.72. The molecule has 1 aliphatic heterocycles. The van der Waals surface area contributed by atoms with Crippen molar-refractivity contribution in [3.63, 3.8) is 0 Å². The molecule has 0 aromatic heterocycles. The fraction of sp³-hybridized carbons (Fsp3) is 0.625. The molecule has 3 nitrogen and oxygen atoms in total. The van der Waals surface area contributed by atoms with Gasteiger partial charge in [0.1, 0.15) is 5.75 Å². The van der Waals surface area contributed by atoms with Crippen LogP contribution >= 0.6 is 0 Å². The van der Waals surface area contributed by atoms with E-state index < -0.39 is 0 Å². The highest BCUT2D eigenvalue weighted by molar-refractivity contribution is 5.32. The molecule has 106 valence electrons. The van der Waals surface area contributed by atoms with Gasteiger partial charge in [-0.25, -0.2) is 0 Å². The van der Waals surface area contributed by atoms with Gasteiger partial charge in [0.15, 0.2) is 0 Å². The molecule has 1 aromatic carbocycles. The van der Waals surface area contributed by atoms with Crippen molar-refractivity contribution in [2.75, 3.05) is 26.2 Å². The maximum absolute atomic E-state index is 5.84. The number of likely N-dealkylation sites (tertiary alicyclic amines) is 1. The molecule has 0 atom stereocenters. The van der Waals surface area contributed by atoms with Gasteiger partial charge in [-0.3, -0.25) is 0 Å². The monoisotopic (exact) mass is 262 g/mol. The number of hydrogen-bond acceptors (Lipinski definition) is 3. The maximum Gasteiger partial charge on any atom is 0.123 e. The highest BCUT2D eigenvalue weighted by atomic mass is 16.5. The Morgan fingerprint density at radius 2 is 1.79 bits per heavy atom. The first-order valence-electron chi connectivity index (χ1n) is 7.53. The first-order chi connectivity index (χ1) is 9.40. The lowest BCUT2D eigenvalue weighted by molar-refractivity contribution is 0.239. The molecule has 1 aliphatic rings. The molecule has 0 bridgehead atoms. The van der Waals surface area contributed by atoms with Gasteiger partial charge < -0.3 is 15.4 Å². The van der Waals surface area contributed by atoms with Crippen molar-refractivity contribution in [1.82, 2.24) is 4.90 Å². The highest BCUT2D eigenvalue weighted by Crippen LogP contribution is 2.17.